The largest absolute Gasteiger partial charge is 0.366 e. The van der Waals surface area contributed by atoms with Gasteiger partial charge in [-0.3, -0.25) is 0 Å². The Morgan fingerprint density at radius 1 is 1.43 bits per heavy atom. The summed E-state index contributed by atoms with van der Waals surface area (Å²) in [6.07, 6.45) is 1.63. The number of anilines is 1. The molecule has 0 aliphatic heterocycles. The van der Waals surface area contributed by atoms with Gasteiger partial charge in [0.05, 0.1) is 0 Å². The maximum atomic E-state index is 5.65. The van der Waals surface area contributed by atoms with Gasteiger partial charge in [-0.05, 0) is 40.1 Å². The lowest BCUT2D eigenvalue weighted by Crippen LogP contribution is -2.00. The average molecular weight is 226 g/mol. The molecule has 14 heavy (non-hydrogen) atoms. The van der Waals surface area contributed by atoms with E-state index in [1.165, 1.54) is 5.56 Å². The minimum absolute atomic E-state index is 0.264. The SMILES string of the molecule is Clc1nccc(NCc2ccsc2)n1. The molecule has 0 fully saturated rings. The summed E-state index contributed by atoms with van der Waals surface area (Å²) < 4.78 is 0. The quantitative estimate of drug-likeness (QED) is 0.817. The Bertz CT molecular complexity index is 402. The lowest BCUT2D eigenvalue weighted by Gasteiger charge is -2.02. The van der Waals surface area contributed by atoms with Crippen molar-refractivity contribution in [2.75, 3.05) is 5.32 Å². The van der Waals surface area contributed by atoms with Crippen molar-refractivity contribution < 1.29 is 0 Å². The smallest absolute Gasteiger partial charge is 0.224 e. The van der Waals surface area contributed by atoms with Gasteiger partial charge in [0, 0.05) is 12.7 Å². The molecule has 0 amide bonds. The number of nitrogens with one attached hydrogen (secondary N) is 1. The van der Waals surface area contributed by atoms with Crippen LogP contribution in [0, 0.1) is 0 Å². The lowest BCUT2D eigenvalue weighted by atomic mass is 10.3. The Morgan fingerprint density at radius 2 is 2.36 bits per heavy atom. The fourth-order valence-corrected chi connectivity index (χ4v) is 1.84. The first-order valence-electron chi connectivity index (χ1n) is 4.08. The van der Waals surface area contributed by atoms with Gasteiger partial charge < -0.3 is 5.32 Å². The molecule has 0 spiro atoms. The van der Waals surface area contributed by atoms with Gasteiger partial charge in [0.15, 0.2) is 0 Å². The maximum Gasteiger partial charge on any atom is 0.224 e. The Hall–Kier alpha value is -1.13. The van der Waals surface area contributed by atoms with Crippen LogP contribution in [0.3, 0.4) is 0 Å². The molecule has 3 nitrogen and oxygen atoms in total. The van der Waals surface area contributed by atoms with Crippen molar-refractivity contribution in [2.24, 2.45) is 0 Å². The summed E-state index contributed by atoms with van der Waals surface area (Å²) in [7, 11) is 0. The van der Waals surface area contributed by atoms with Gasteiger partial charge in [-0.15, -0.1) is 0 Å². The molecule has 0 radical (unpaired) electrons. The molecule has 0 bridgehead atoms. The van der Waals surface area contributed by atoms with Crippen LogP contribution in [0.15, 0.2) is 29.1 Å². The first-order valence-corrected chi connectivity index (χ1v) is 5.40. The summed E-state index contributed by atoms with van der Waals surface area (Å²) >= 11 is 7.32. The van der Waals surface area contributed by atoms with Crippen molar-refractivity contribution in [3.8, 4) is 0 Å². The maximum absolute atomic E-state index is 5.65. The molecule has 2 aromatic rings. The molecule has 2 heterocycles. The molecular weight excluding hydrogens is 218 g/mol. The summed E-state index contributed by atoms with van der Waals surface area (Å²) in [5.74, 6) is 0.746. The van der Waals surface area contributed by atoms with E-state index in [-0.39, 0.29) is 5.28 Å². The predicted molar refractivity (Wildman–Crippen MR) is 58.7 cm³/mol. The Labute approximate surface area is 90.8 Å². The first-order chi connectivity index (χ1) is 6.84. The molecule has 0 saturated heterocycles. The van der Waals surface area contributed by atoms with Gasteiger partial charge in [-0.1, -0.05) is 0 Å². The van der Waals surface area contributed by atoms with Crippen LogP contribution in [0.1, 0.15) is 5.56 Å². The van der Waals surface area contributed by atoms with Gasteiger partial charge in [-0.25, -0.2) is 9.97 Å². The lowest BCUT2D eigenvalue weighted by molar-refractivity contribution is 1.09. The number of aromatic nitrogens is 2. The number of hydrogen-bond donors (Lipinski definition) is 1. The summed E-state index contributed by atoms with van der Waals surface area (Å²) in [6.45, 7) is 0.761. The molecule has 2 aromatic heterocycles. The normalized spacial score (nSPS) is 10.1. The van der Waals surface area contributed by atoms with Crippen LogP contribution in [-0.2, 0) is 6.54 Å². The number of hydrogen-bond acceptors (Lipinski definition) is 4. The molecule has 2 rings (SSSR count). The minimum Gasteiger partial charge on any atom is -0.366 e. The molecule has 5 heteroatoms. The van der Waals surface area contributed by atoms with E-state index in [0.717, 1.165) is 12.4 Å². The third-order valence-electron chi connectivity index (χ3n) is 1.68. The fraction of sp³-hybridized carbons (Fsp3) is 0.111. The van der Waals surface area contributed by atoms with E-state index >= 15 is 0 Å². The fourth-order valence-electron chi connectivity index (χ4n) is 1.02. The van der Waals surface area contributed by atoms with E-state index in [1.54, 1.807) is 23.6 Å². The van der Waals surface area contributed by atoms with Crippen molar-refractivity contribution in [2.45, 2.75) is 6.54 Å². The van der Waals surface area contributed by atoms with Gasteiger partial charge >= 0.3 is 0 Å². The third-order valence-corrected chi connectivity index (χ3v) is 2.59. The topological polar surface area (TPSA) is 37.8 Å². The highest BCUT2D eigenvalue weighted by Gasteiger charge is 1.96. The van der Waals surface area contributed by atoms with E-state index < -0.39 is 0 Å². The molecule has 72 valence electrons. The molecule has 0 aliphatic rings. The minimum atomic E-state index is 0.264. The number of rotatable bonds is 3. The van der Waals surface area contributed by atoms with Crippen molar-refractivity contribution in [1.29, 1.82) is 0 Å². The van der Waals surface area contributed by atoms with Crippen LogP contribution in [0.2, 0.25) is 5.28 Å². The molecule has 1 N–H and O–H groups in total. The zero-order chi connectivity index (χ0) is 9.80. The molecule has 0 unspecified atom stereocenters. The number of halogens is 1. The second-order valence-corrected chi connectivity index (χ2v) is 3.81. The van der Waals surface area contributed by atoms with E-state index in [9.17, 15) is 0 Å². The van der Waals surface area contributed by atoms with E-state index in [1.807, 2.05) is 5.38 Å². The zero-order valence-electron chi connectivity index (χ0n) is 7.27. The highest BCUT2D eigenvalue weighted by molar-refractivity contribution is 7.07. The van der Waals surface area contributed by atoms with E-state index in [4.69, 9.17) is 11.6 Å². The van der Waals surface area contributed by atoms with Crippen LogP contribution in [0.4, 0.5) is 5.82 Å². The predicted octanol–water partition coefficient (Wildman–Crippen LogP) is 2.80. The highest BCUT2D eigenvalue weighted by atomic mass is 35.5. The summed E-state index contributed by atoms with van der Waals surface area (Å²) in [6, 6.07) is 3.86. The molecule has 0 atom stereocenters. The van der Waals surface area contributed by atoms with Gasteiger partial charge in [-0.2, -0.15) is 11.3 Å². The summed E-state index contributed by atoms with van der Waals surface area (Å²) in [5, 5.41) is 7.56. The van der Waals surface area contributed by atoms with Gasteiger partial charge in [0.25, 0.3) is 0 Å². The summed E-state index contributed by atoms with van der Waals surface area (Å²) in [5.41, 5.74) is 1.24. The summed E-state index contributed by atoms with van der Waals surface area (Å²) in [4.78, 5) is 7.82. The van der Waals surface area contributed by atoms with Crippen molar-refractivity contribution in [3.05, 3.63) is 39.9 Å². The van der Waals surface area contributed by atoms with E-state index in [0.29, 0.717) is 0 Å². The second kappa shape index (κ2) is 4.39. The average Bonchev–Trinajstić information content (AvgIpc) is 2.67. The van der Waals surface area contributed by atoms with E-state index in [2.05, 4.69) is 26.7 Å². The van der Waals surface area contributed by atoms with Crippen molar-refractivity contribution in [1.82, 2.24) is 9.97 Å². The Morgan fingerprint density at radius 3 is 3.07 bits per heavy atom. The van der Waals surface area contributed by atoms with Crippen LogP contribution in [-0.4, -0.2) is 9.97 Å². The van der Waals surface area contributed by atoms with Gasteiger partial charge in [0.1, 0.15) is 5.82 Å². The van der Waals surface area contributed by atoms with Crippen LogP contribution < -0.4 is 5.32 Å². The van der Waals surface area contributed by atoms with Crippen molar-refractivity contribution >= 4 is 28.8 Å². The standard InChI is InChI=1S/C9H8ClN3S/c10-9-11-3-1-8(13-9)12-5-7-2-4-14-6-7/h1-4,6H,5H2,(H,11,12,13). The molecular formula is C9H8ClN3S. The number of thiophene rings is 1. The van der Waals surface area contributed by atoms with Gasteiger partial charge in [0.2, 0.25) is 5.28 Å². The van der Waals surface area contributed by atoms with Crippen LogP contribution >= 0.6 is 22.9 Å². The zero-order valence-corrected chi connectivity index (χ0v) is 8.85. The Balaban J connectivity index is 1.98. The Kier molecular flexibility index (Phi) is 2.96. The monoisotopic (exact) mass is 225 g/mol. The third kappa shape index (κ3) is 2.43. The van der Waals surface area contributed by atoms with Crippen LogP contribution in [0.25, 0.3) is 0 Å². The second-order valence-electron chi connectivity index (χ2n) is 2.70. The molecule has 0 aromatic carbocycles. The van der Waals surface area contributed by atoms with Crippen LogP contribution in [0.5, 0.6) is 0 Å². The number of nitrogens with zero attached hydrogens (tertiary/aromatic N) is 2. The molecule has 0 aliphatic carbocycles. The van der Waals surface area contributed by atoms with Crippen molar-refractivity contribution in [3.63, 3.8) is 0 Å². The first kappa shape index (κ1) is 9.43. The molecule has 0 saturated carbocycles. The highest BCUT2D eigenvalue weighted by Crippen LogP contribution is 2.10.